The van der Waals surface area contributed by atoms with Gasteiger partial charge in [-0.1, -0.05) is 74.5 Å². The van der Waals surface area contributed by atoms with Gasteiger partial charge in [0, 0.05) is 18.2 Å². The fourth-order valence-electron chi connectivity index (χ4n) is 3.84. The van der Waals surface area contributed by atoms with Gasteiger partial charge in [-0.3, -0.25) is 9.59 Å². The zero-order chi connectivity index (χ0) is 26.0. The number of carboxylic acid groups (broad SMARTS) is 1. The van der Waals surface area contributed by atoms with Crippen LogP contribution in [0.5, 0.6) is 5.88 Å². The maximum Gasteiger partial charge on any atom is 0.305 e. The van der Waals surface area contributed by atoms with Gasteiger partial charge in [0.2, 0.25) is 11.8 Å². The second-order valence-electron chi connectivity index (χ2n) is 9.70. The number of hydrogen-bond donors (Lipinski definition) is 3. The molecule has 190 valence electrons. The van der Waals surface area contributed by atoms with Crippen LogP contribution in [0.4, 0.5) is 0 Å². The molecule has 0 saturated carbocycles. The predicted octanol–water partition coefficient (Wildman–Crippen LogP) is 4.91. The molecule has 3 aromatic rings. The lowest BCUT2D eigenvalue weighted by molar-refractivity contribution is -0.139. The number of aliphatic carboxylic acids is 1. The molecule has 0 spiro atoms. The third kappa shape index (κ3) is 8.50. The van der Waals surface area contributed by atoms with Gasteiger partial charge in [-0.2, -0.15) is 0 Å². The van der Waals surface area contributed by atoms with Crippen LogP contribution in [0, 0.1) is 5.41 Å². The van der Waals surface area contributed by atoms with Gasteiger partial charge in [-0.25, -0.2) is 4.98 Å². The number of nitrogens with two attached hydrogens (primary N) is 1. The molecule has 1 heterocycles. The average molecular weight is 490 g/mol. The molecule has 4 N–H and O–H groups in total. The Labute approximate surface area is 212 Å². The standard InChI is InChI=1S/C29H35N3O4/c1-29(2,20-31-28(35)24(30)19-27(33)34)15-9-10-16-36-26-18-23(21-11-5-3-6-12-21)17-25(32-26)22-13-7-4-8-14-22/h3-8,11-14,17-18,24H,9-10,15-16,19-20,30H2,1-2H3,(H,31,35)(H,33,34). The van der Waals surface area contributed by atoms with Crippen LogP contribution >= 0.6 is 0 Å². The van der Waals surface area contributed by atoms with E-state index in [0.717, 1.165) is 41.6 Å². The van der Waals surface area contributed by atoms with Crippen molar-refractivity contribution in [2.45, 2.75) is 45.6 Å². The molecule has 1 amide bonds. The lowest BCUT2D eigenvalue weighted by atomic mass is 9.87. The van der Waals surface area contributed by atoms with Crippen molar-refractivity contribution in [2.24, 2.45) is 11.1 Å². The number of pyridine rings is 1. The fourth-order valence-corrected chi connectivity index (χ4v) is 3.84. The zero-order valence-electron chi connectivity index (χ0n) is 20.9. The minimum absolute atomic E-state index is 0.148. The Morgan fingerprint density at radius 2 is 1.61 bits per heavy atom. The van der Waals surface area contributed by atoms with Crippen LogP contribution in [-0.4, -0.2) is 41.2 Å². The minimum atomic E-state index is -1.09. The predicted molar refractivity (Wildman–Crippen MR) is 141 cm³/mol. The molecule has 0 bridgehead atoms. The van der Waals surface area contributed by atoms with Gasteiger partial charge < -0.3 is 20.9 Å². The molecule has 7 heteroatoms. The van der Waals surface area contributed by atoms with Gasteiger partial charge in [0.05, 0.1) is 24.8 Å². The summed E-state index contributed by atoms with van der Waals surface area (Å²) < 4.78 is 6.06. The number of aromatic nitrogens is 1. The third-order valence-corrected chi connectivity index (χ3v) is 5.95. The maximum atomic E-state index is 12.0. The van der Waals surface area contributed by atoms with E-state index in [4.69, 9.17) is 20.6 Å². The molecule has 1 atom stereocenters. The second kappa shape index (κ2) is 12.8. The lowest BCUT2D eigenvalue weighted by Gasteiger charge is -2.25. The van der Waals surface area contributed by atoms with E-state index in [1.165, 1.54) is 0 Å². The summed E-state index contributed by atoms with van der Waals surface area (Å²) in [6.07, 6.45) is 2.24. The maximum absolute atomic E-state index is 12.0. The first-order valence-corrected chi connectivity index (χ1v) is 12.2. The number of amides is 1. The Balaban J connectivity index is 1.54. The molecule has 0 aliphatic carbocycles. The summed E-state index contributed by atoms with van der Waals surface area (Å²) in [5, 5.41) is 11.5. The van der Waals surface area contributed by atoms with Crippen molar-refractivity contribution in [2.75, 3.05) is 13.2 Å². The number of unbranched alkanes of at least 4 members (excludes halogenated alkanes) is 1. The smallest absolute Gasteiger partial charge is 0.305 e. The molecule has 1 aromatic heterocycles. The highest BCUT2D eigenvalue weighted by atomic mass is 16.5. The number of rotatable bonds is 13. The van der Waals surface area contributed by atoms with Crippen LogP contribution in [0.25, 0.3) is 22.4 Å². The normalized spacial score (nSPS) is 12.1. The van der Waals surface area contributed by atoms with Crippen molar-refractivity contribution >= 4 is 11.9 Å². The molecule has 2 aromatic carbocycles. The van der Waals surface area contributed by atoms with E-state index in [-0.39, 0.29) is 11.8 Å². The van der Waals surface area contributed by atoms with Crippen molar-refractivity contribution < 1.29 is 19.4 Å². The first-order valence-electron chi connectivity index (χ1n) is 12.2. The summed E-state index contributed by atoms with van der Waals surface area (Å²) in [6.45, 7) is 5.09. The summed E-state index contributed by atoms with van der Waals surface area (Å²) in [4.78, 5) is 27.5. The van der Waals surface area contributed by atoms with E-state index in [0.29, 0.717) is 19.0 Å². The average Bonchev–Trinajstić information content (AvgIpc) is 2.87. The molecule has 0 fully saturated rings. The molecule has 0 aliphatic heterocycles. The summed E-state index contributed by atoms with van der Waals surface area (Å²) in [5.41, 5.74) is 9.53. The van der Waals surface area contributed by atoms with E-state index in [2.05, 4.69) is 37.4 Å². The molecule has 0 aliphatic rings. The van der Waals surface area contributed by atoms with Crippen molar-refractivity contribution in [3.8, 4) is 28.3 Å². The van der Waals surface area contributed by atoms with E-state index in [9.17, 15) is 9.59 Å². The zero-order valence-corrected chi connectivity index (χ0v) is 20.9. The minimum Gasteiger partial charge on any atom is -0.481 e. The number of carboxylic acids is 1. The van der Waals surface area contributed by atoms with Gasteiger partial charge in [-0.15, -0.1) is 0 Å². The number of nitrogens with one attached hydrogen (secondary N) is 1. The van der Waals surface area contributed by atoms with Crippen LogP contribution in [0.15, 0.2) is 72.8 Å². The molecule has 3 rings (SSSR count). The number of benzene rings is 2. The van der Waals surface area contributed by atoms with Gasteiger partial charge in [0.1, 0.15) is 0 Å². The van der Waals surface area contributed by atoms with Gasteiger partial charge in [0.25, 0.3) is 0 Å². The molecule has 7 nitrogen and oxygen atoms in total. The summed E-state index contributed by atoms with van der Waals surface area (Å²) in [6, 6.07) is 23.2. The van der Waals surface area contributed by atoms with Crippen LogP contribution in [0.1, 0.15) is 39.5 Å². The van der Waals surface area contributed by atoms with E-state index in [1.807, 2.05) is 54.6 Å². The summed E-state index contributed by atoms with van der Waals surface area (Å²) in [5.74, 6) is -0.932. The largest absolute Gasteiger partial charge is 0.481 e. The SMILES string of the molecule is CC(C)(CCCCOc1cc(-c2ccccc2)cc(-c2ccccc2)n1)CNC(=O)C(N)CC(=O)O. The highest BCUT2D eigenvalue weighted by molar-refractivity contribution is 5.85. The van der Waals surface area contributed by atoms with Crippen LogP contribution in [0.2, 0.25) is 0 Å². The molecule has 0 saturated heterocycles. The quantitative estimate of drug-likeness (QED) is 0.294. The first-order chi connectivity index (χ1) is 17.2. The summed E-state index contributed by atoms with van der Waals surface area (Å²) >= 11 is 0. The number of nitrogens with zero attached hydrogens (tertiary/aromatic N) is 1. The molecule has 0 radical (unpaired) electrons. The Kier molecular flexibility index (Phi) is 9.59. The van der Waals surface area contributed by atoms with Gasteiger partial charge >= 0.3 is 5.97 Å². The number of carbonyl (C=O) groups is 2. The molecule has 36 heavy (non-hydrogen) atoms. The lowest BCUT2D eigenvalue weighted by Crippen LogP contribution is -2.45. The highest BCUT2D eigenvalue weighted by Gasteiger charge is 2.22. The monoisotopic (exact) mass is 489 g/mol. The Morgan fingerprint density at radius 3 is 2.25 bits per heavy atom. The number of hydrogen-bond acceptors (Lipinski definition) is 5. The van der Waals surface area contributed by atoms with Crippen molar-refractivity contribution in [3.63, 3.8) is 0 Å². The summed E-state index contributed by atoms with van der Waals surface area (Å²) in [7, 11) is 0. The fraction of sp³-hybridized carbons (Fsp3) is 0.345. The van der Waals surface area contributed by atoms with Crippen molar-refractivity contribution in [3.05, 3.63) is 72.8 Å². The van der Waals surface area contributed by atoms with Gasteiger partial charge in [0.15, 0.2) is 0 Å². The molecule has 1 unspecified atom stereocenters. The molecular formula is C29H35N3O4. The van der Waals surface area contributed by atoms with Crippen LogP contribution < -0.4 is 15.8 Å². The Morgan fingerprint density at radius 1 is 0.972 bits per heavy atom. The van der Waals surface area contributed by atoms with Crippen LogP contribution in [-0.2, 0) is 9.59 Å². The van der Waals surface area contributed by atoms with Crippen molar-refractivity contribution in [1.29, 1.82) is 0 Å². The Bertz CT molecular complexity index is 1080. The second-order valence-corrected chi connectivity index (χ2v) is 9.70. The van der Waals surface area contributed by atoms with E-state index < -0.39 is 17.9 Å². The topological polar surface area (TPSA) is 115 Å². The number of carbonyl (C=O) groups excluding carboxylic acids is 1. The third-order valence-electron chi connectivity index (χ3n) is 5.95. The van der Waals surface area contributed by atoms with Crippen LogP contribution in [0.3, 0.4) is 0 Å². The van der Waals surface area contributed by atoms with E-state index >= 15 is 0 Å². The first kappa shape index (κ1) is 26.9. The highest BCUT2D eigenvalue weighted by Crippen LogP contribution is 2.29. The Hall–Kier alpha value is -3.71. The molecular weight excluding hydrogens is 454 g/mol. The number of ether oxygens (including phenoxy) is 1. The van der Waals surface area contributed by atoms with E-state index in [1.54, 1.807) is 0 Å². The van der Waals surface area contributed by atoms with Crippen molar-refractivity contribution in [1.82, 2.24) is 10.3 Å². The van der Waals surface area contributed by atoms with Gasteiger partial charge in [-0.05, 0) is 41.9 Å².